The first-order valence-electron chi connectivity index (χ1n) is 11.4. The van der Waals surface area contributed by atoms with E-state index in [4.69, 9.17) is 14.6 Å². The fourth-order valence-corrected chi connectivity index (χ4v) is 4.75. The summed E-state index contributed by atoms with van der Waals surface area (Å²) < 4.78 is 28.9. The molecule has 2 aliphatic heterocycles. The number of aromatic nitrogens is 5. The summed E-state index contributed by atoms with van der Waals surface area (Å²) in [6, 6.07) is 1.72. The number of nitrogens with one attached hydrogen (secondary N) is 1. The van der Waals surface area contributed by atoms with Gasteiger partial charge in [-0.25, -0.2) is 14.1 Å². The van der Waals surface area contributed by atoms with Crippen molar-refractivity contribution in [2.75, 3.05) is 45.9 Å². The highest BCUT2D eigenvalue weighted by molar-refractivity contribution is 5.71. The van der Waals surface area contributed by atoms with E-state index in [9.17, 15) is 4.39 Å². The Morgan fingerprint density at radius 2 is 2.09 bits per heavy atom. The maximum atomic E-state index is 14.4. The summed E-state index contributed by atoms with van der Waals surface area (Å²) in [4.78, 5) is 6.47. The third-order valence-corrected chi connectivity index (χ3v) is 6.79. The number of pyridine rings is 1. The van der Waals surface area contributed by atoms with Gasteiger partial charge in [-0.05, 0) is 51.9 Å². The van der Waals surface area contributed by atoms with Gasteiger partial charge in [0.2, 0.25) is 5.88 Å². The fraction of sp³-hybridized carbons (Fsp3) is 0.522. The first kappa shape index (κ1) is 21.8. The lowest BCUT2D eigenvalue weighted by Crippen LogP contribution is -2.33. The summed E-state index contributed by atoms with van der Waals surface area (Å²) in [5.41, 5.74) is 3.09. The molecule has 0 spiro atoms. The maximum absolute atomic E-state index is 14.4. The van der Waals surface area contributed by atoms with Crippen molar-refractivity contribution in [2.45, 2.75) is 32.2 Å². The maximum Gasteiger partial charge on any atom is 0.250 e. The van der Waals surface area contributed by atoms with Gasteiger partial charge in [0.05, 0.1) is 37.8 Å². The molecule has 5 rings (SSSR count). The zero-order valence-electron chi connectivity index (χ0n) is 19.3. The molecule has 2 aliphatic rings. The van der Waals surface area contributed by atoms with E-state index in [1.54, 1.807) is 6.20 Å². The Labute approximate surface area is 192 Å². The van der Waals surface area contributed by atoms with Crippen LogP contribution in [0.3, 0.4) is 0 Å². The summed E-state index contributed by atoms with van der Waals surface area (Å²) in [7, 11) is 3.58. The van der Waals surface area contributed by atoms with Crippen molar-refractivity contribution >= 4 is 5.82 Å². The highest BCUT2D eigenvalue weighted by Gasteiger charge is 2.26. The minimum Gasteiger partial charge on any atom is -0.479 e. The van der Waals surface area contributed by atoms with Crippen LogP contribution >= 0.6 is 0 Å². The van der Waals surface area contributed by atoms with Gasteiger partial charge in [0, 0.05) is 23.7 Å². The highest BCUT2D eigenvalue weighted by Crippen LogP contribution is 2.34. The minimum atomic E-state index is -0.518. The zero-order chi connectivity index (χ0) is 22.9. The molecule has 5 heterocycles. The molecule has 1 unspecified atom stereocenters. The minimum absolute atomic E-state index is 0.0325. The van der Waals surface area contributed by atoms with E-state index >= 15 is 0 Å². The number of piperidine rings is 1. The molecule has 0 aliphatic carbocycles. The van der Waals surface area contributed by atoms with Crippen molar-refractivity contribution in [3.05, 3.63) is 36.0 Å². The molecule has 33 heavy (non-hydrogen) atoms. The molecule has 0 radical (unpaired) electrons. The number of anilines is 1. The predicted octanol–water partition coefficient (Wildman–Crippen LogP) is 3.12. The van der Waals surface area contributed by atoms with E-state index < -0.39 is 5.82 Å². The van der Waals surface area contributed by atoms with Gasteiger partial charge in [0.15, 0.2) is 5.82 Å². The summed E-state index contributed by atoms with van der Waals surface area (Å²) in [6.07, 6.45) is 8.47. The van der Waals surface area contributed by atoms with Crippen LogP contribution in [0, 0.1) is 11.7 Å². The molecule has 176 valence electrons. The van der Waals surface area contributed by atoms with E-state index in [-0.39, 0.29) is 5.88 Å². The van der Waals surface area contributed by atoms with Gasteiger partial charge in [-0.1, -0.05) is 0 Å². The Balaban J connectivity index is 1.49. The molecule has 1 N–H and O–H groups in total. The Hall–Kier alpha value is -2.98. The van der Waals surface area contributed by atoms with Gasteiger partial charge in [0.25, 0.3) is 0 Å². The van der Waals surface area contributed by atoms with Crippen LogP contribution in [-0.2, 0) is 11.2 Å². The van der Waals surface area contributed by atoms with E-state index in [1.807, 2.05) is 21.8 Å². The van der Waals surface area contributed by atoms with Crippen LogP contribution in [0.1, 0.15) is 31.4 Å². The summed E-state index contributed by atoms with van der Waals surface area (Å²) in [6.45, 7) is 5.41. The SMILES string of the molecule is COc1ncc(-c2nn(-c3cnn(C(C)C4CCN(C)CC4)c3)c3c2CCOCN3)cc1F. The van der Waals surface area contributed by atoms with Crippen LogP contribution in [0.4, 0.5) is 10.2 Å². The highest BCUT2D eigenvalue weighted by atomic mass is 19.1. The van der Waals surface area contributed by atoms with Crippen LogP contribution in [0.25, 0.3) is 16.9 Å². The van der Waals surface area contributed by atoms with E-state index in [0.717, 1.165) is 30.2 Å². The van der Waals surface area contributed by atoms with Gasteiger partial charge in [0.1, 0.15) is 18.2 Å². The van der Waals surface area contributed by atoms with Crippen LogP contribution in [-0.4, -0.2) is 70.0 Å². The number of likely N-dealkylation sites (tertiary alicyclic amines) is 1. The van der Waals surface area contributed by atoms with Crippen molar-refractivity contribution < 1.29 is 13.9 Å². The van der Waals surface area contributed by atoms with Crippen LogP contribution in [0.5, 0.6) is 5.88 Å². The molecular weight excluding hydrogens is 425 g/mol. The van der Waals surface area contributed by atoms with E-state index in [2.05, 4.69) is 34.3 Å². The molecule has 0 amide bonds. The summed E-state index contributed by atoms with van der Waals surface area (Å²) >= 11 is 0. The average molecular weight is 456 g/mol. The van der Waals surface area contributed by atoms with Crippen molar-refractivity contribution in [2.24, 2.45) is 5.92 Å². The van der Waals surface area contributed by atoms with Crippen LogP contribution < -0.4 is 10.1 Å². The molecule has 0 saturated carbocycles. The molecule has 9 nitrogen and oxygen atoms in total. The number of halogens is 1. The Morgan fingerprint density at radius 1 is 1.27 bits per heavy atom. The first-order chi connectivity index (χ1) is 16.0. The lowest BCUT2D eigenvalue weighted by atomic mass is 9.91. The largest absolute Gasteiger partial charge is 0.479 e. The topological polar surface area (TPSA) is 82.3 Å². The number of fused-ring (bicyclic) bond motifs is 1. The van der Waals surface area contributed by atoms with Crippen molar-refractivity contribution in [3.63, 3.8) is 0 Å². The summed E-state index contributed by atoms with van der Waals surface area (Å²) in [5, 5.41) is 12.9. The van der Waals surface area contributed by atoms with Gasteiger partial charge in [-0.15, -0.1) is 0 Å². The molecule has 10 heteroatoms. The number of nitrogens with zero attached hydrogens (tertiary/aromatic N) is 6. The zero-order valence-corrected chi connectivity index (χ0v) is 19.3. The molecule has 1 atom stereocenters. The second-order valence-corrected chi connectivity index (χ2v) is 8.84. The lowest BCUT2D eigenvalue weighted by molar-refractivity contribution is 0.159. The second-order valence-electron chi connectivity index (χ2n) is 8.84. The normalized spacial score (nSPS) is 18.4. The van der Waals surface area contributed by atoms with Crippen molar-refractivity contribution in [3.8, 4) is 22.8 Å². The number of rotatable bonds is 5. The van der Waals surface area contributed by atoms with Gasteiger partial charge in [-0.2, -0.15) is 10.2 Å². The number of hydrogen-bond acceptors (Lipinski definition) is 7. The number of hydrogen-bond donors (Lipinski definition) is 1. The third-order valence-electron chi connectivity index (χ3n) is 6.79. The van der Waals surface area contributed by atoms with Crippen LogP contribution in [0.15, 0.2) is 24.7 Å². The molecule has 3 aromatic heterocycles. The lowest BCUT2D eigenvalue weighted by Gasteiger charge is -2.32. The monoisotopic (exact) mass is 455 g/mol. The smallest absolute Gasteiger partial charge is 0.250 e. The van der Waals surface area contributed by atoms with Gasteiger partial charge < -0.3 is 19.7 Å². The van der Waals surface area contributed by atoms with Gasteiger partial charge in [-0.3, -0.25) is 4.68 Å². The molecule has 1 fully saturated rings. The summed E-state index contributed by atoms with van der Waals surface area (Å²) in [5.74, 6) is 0.884. The molecule has 1 saturated heterocycles. The molecule has 0 bridgehead atoms. The molecular formula is C23H30FN7O2. The van der Waals surface area contributed by atoms with Gasteiger partial charge >= 0.3 is 0 Å². The van der Waals surface area contributed by atoms with E-state index in [0.29, 0.717) is 43.0 Å². The Bertz CT molecular complexity index is 1120. The number of ether oxygens (including phenoxy) is 2. The Morgan fingerprint density at radius 3 is 2.85 bits per heavy atom. The molecule has 0 aromatic carbocycles. The third kappa shape index (κ3) is 4.20. The quantitative estimate of drug-likeness (QED) is 0.633. The average Bonchev–Trinajstić information content (AvgIpc) is 3.37. The van der Waals surface area contributed by atoms with E-state index in [1.165, 1.54) is 26.0 Å². The first-order valence-corrected chi connectivity index (χ1v) is 11.4. The molecule has 3 aromatic rings. The fourth-order valence-electron chi connectivity index (χ4n) is 4.75. The second kappa shape index (κ2) is 9.11. The number of methoxy groups -OCH3 is 1. The standard InChI is InChI=1S/C23H30FN7O2/c1-15(16-4-7-29(2)8-5-16)30-13-18(12-27-30)31-22-19(6-9-33-14-26-22)21(28-31)17-10-20(24)23(32-3)25-11-17/h10-13,15-16,26H,4-9,14H2,1-3H3. The van der Waals surface area contributed by atoms with Crippen molar-refractivity contribution in [1.29, 1.82) is 0 Å². The Kier molecular flexibility index (Phi) is 6.03. The van der Waals surface area contributed by atoms with Crippen molar-refractivity contribution in [1.82, 2.24) is 29.4 Å². The van der Waals surface area contributed by atoms with Crippen LogP contribution in [0.2, 0.25) is 0 Å². The predicted molar refractivity (Wildman–Crippen MR) is 122 cm³/mol.